The normalized spacial score (nSPS) is 13.7. The lowest BCUT2D eigenvalue weighted by molar-refractivity contribution is 0.0914. The van der Waals surface area contributed by atoms with Crippen LogP contribution in [-0.2, 0) is 11.8 Å². The number of carbonyl (C=O) groups is 1. The summed E-state index contributed by atoms with van der Waals surface area (Å²) in [5.74, 6) is 1.07. The molecule has 0 aliphatic rings. The molecule has 1 aromatic carbocycles. The predicted octanol–water partition coefficient (Wildman–Crippen LogP) is 4.07. The van der Waals surface area contributed by atoms with Crippen LogP contribution in [0.5, 0.6) is 0 Å². The molecule has 1 amide bonds. The fourth-order valence-corrected chi connectivity index (χ4v) is 2.71. The van der Waals surface area contributed by atoms with E-state index in [1.54, 1.807) is 0 Å². The van der Waals surface area contributed by atoms with Crippen LogP contribution in [0, 0.1) is 5.92 Å². The highest BCUT2D eigenvalue weighted by Gasteiger charge is 2.25. The quantitative estimate of drug-likeness (QED) is 0.721. The molecule has 0 saturated carbocycles. The minimum absolute atomic E-state index is 0. The predicted molar refractivity (Wildman–Crippen MR) is 114 cm³/mol. The van der Waals surface area contributed by atoms with Gasteiger partial charge in [0.15, 0.2) is 5.82 Å². The fourth-order valence-electron chi connectivity index (χ4n) is 2.71. The summed E-state index contributed by atoms with van der Waals surface area (Å²) in [4.78, 5) is 17.2. The minimum Gasteiger partial charge on any atom is -0.340 e. The van der Waals surface area contributed by atoms with Crippen LogP contribution in [0.2, 0.25) is 0 Å². The van der Waals surface area contributed by atoms with Crippen LogP contribution in [0.4, 0.5) is 0 Å². The minimum atomic E-state index is -0.328. The third-order valence-corrected chi connectivity index (χ3v) is 4.70. The molecule has 28 heavy (non-hydrogen) atoms. The van der Waals surface area contributed by atoms with Crippen molar-refractivity contribution in [2.45, 2.75) is 65.5 Å². The van der Waals surface area contributed by atoms with E-state index in [4.69, 9.17) is 4.52 Å². The second kappa shape index (κ2) is 10.0. The zero-order chi connectivity index (χ0) is 20.2. The number of nitrogens with one attached hydrogen (secondary N) is 2. The molecule has 2 unspecified atom stereocenters. The molecule has 156 valence electrons. The number of benzene rings is 1. The van der Waals surface area contributed by atoms with Gasteiger partial charge in [0.05, 0.1) is 0 Å². The summed E-state index contributed by atoms with van der Waals surface area (Å²) in [5, 5.41) is 10.2. The van der Waals surface area contributed by atoms with E-state index in [0.717, 1.165) is 0 Å². The van der Waals surface area contributed by atoms with Gasteiger partial charge in [-0.1, -0.05) is 51.9 Å². The monoisotopic (exact) mass is 408 g/mol. The smallest absolute Gasteiger partial charge is 0.251 e. The molecule has 0 saturated heterocycles. The van der Waals surface area contributed by atoms with Crippen molar-refractivity contribution in [1.29, 1.82) is 0 Å². The average Bonchev–Trinajstić information content (AvgIpc) is 3.06. The molecular weight excluding hydrogens is 376 g/mol. The molecular formula is C21H33ClN4O2. The van der Waals surface area contributed by atoms with Crippen molar-refractivity contribution < 1.29 is 9.32 Å². The molecule has 0 aliphatic carbocycles. The van der Waals surface area contributed by atoms with Crippen molar-refractivity contribution >= 4 is 18.3 Å². The van der Waals surface area contributed by atoms with Crippen molar-refractivity contribution in [3.63, 3.8) is 0 Å². The van der Waals surface area contributed by atoms with Crippen LogP contribution < -0.4 is 10.6 Å². The van der Waals surface area contributed by atoms with E-state index in [0.29, 0.717) is 23.7 Å². The van der Waals surface area contributed by atoms with Gasteiger partial charge >= 0.3 is 0 Å². The first kappa shape index (κ1) is 24.1. The Hall–Kier alpha value is -1.92. The van der Waals surface area contributed by atoms with Gasteiger partial charge in [-0.2, -0.15) is 4.98 Å². The molecule has 1 aromatic heterocycles. The van der Waals surface area contributed by atoms with E-state index in [1.165, 1.54) is 5.56 Å². The van der Waals surface area contributed by atoms with Gasteiger partial charge in [-0.3, -0.25) is 4.79 Å². The molecule has 6 nitrogen and oxygen atoms in total. The van der Waals surface area contributed by atoms with Crippen LogP contribution in [0.25, 0.3) is 0 Å². The highest BCUT2D eigenvalue weighted by atomic mass is 35.5. The average molecular weight is 409 g/mol. The van der Waals surface area contributed by atoms with Gasteiger partial charge in [-0.15, -0.1) is 12.4 Å². The van der Waals surface area contributed by atoms with E-state index >= 15 is 0 Å². The Kier molecular flexibility index (Phi) is 8.64. The molecule has 7 heteroatoms. The summed E-state index contributed by atoms with van der Waals surface area (Å²) in [6.45, 7) is 12.6. The Labute approximate surface area is 174 Å². The first-order chi connectivity index (χ1) is 12.6. The molecule has 1 heterocycles. The Balaban J connectivity index is 0.00000392. The third kappa shape index (κ3) is 6.31. The number of hydrogen-bond donors (Lipinski definition) is 2. The first-order valence-corrected chi connectivity index (χ1v) is 9.53. The Bertz CT molecular complexity index is 751. The molecule has 0 aliphatic heterocycles. The van der Waals surface area contributed by atoms with Crippen LogP contribution in [0.1, 0.15) is 75.2 Å². The highest BCUT2D eigenvalue weighted by molar-refractivity contribution is 5.94. The summed E-state index contributed by atoms with van der Waals surface area (Å²) in [5.41, 5.74) is 1.87. The lowest BCUT2D eigenvalue weighted by Crippen LogP contribution is -2.32. The molecule has 2 N–H and O–H groups in total. The topological polar surface area (TPSA) is 80.0 Å². The molecule has 2 aromatic rings. The number of aromatic nitrogens is 2. The van der Waals surface area contributed by atoms with Crippen LogP contribution >= 0.6 is 12.4 Å². The van der Waals surface area contributed by atoms with Crippen LogP contribution in [0.15, 0.2) is 28.8 Å². The van der Waals surface area contributed by atoms with E-state index in [9.17, 15) is 4.79 Å². The maximum absolute atomic E-state index is 12.7. The number of nitrogens with zero attached hydrogens (tertiary/aromatic N) is 2. The number of amides is 1. The van der Waals surface area contributed by atoms with Crippen molar-refractivity contribution in [3.05, 3.63) is 47.1 Å². The second-order valence-electron chi connectivity index (χ2n) is 8.47. The molecule has 2 rings (SSSR count). The van der Waals surface area contributed by atoms with Gasteiger partial charge in [0.25, 0.3) is 5.91 Å². The summed E-state index contributed by atoms with van der Waals surface area (Å²) in [6, 6.07) is 7.66. The van der Waals surface area contributed by atoms with E-state index in [-0.39, 0.29) is 41.7 Å². The number of likely N-dealkylation sites (N-methyl/N-ethyl adjacent to an activating group) is 1. The lowest BCUT2D eigenvalue weighted by Gasteiger charge is -2.20. The SMILES string of the molecule is CNC(C)Cc1noc(C(NC(=O)c2ccc(C(C)(C)C)cc2)C(C)C)n1.Cl. The Morgan fingerprint density at radius 2 is 1.75 bits per heavy atom. The molecule has 2 atom stereocenters. The zero-order valence-electron chi connectivity index (χ0n) is 17.9. The van der Waals surface area contributed by atoms with Gasteiger partial charge in [0.2, 0.25) is 5.89 Å². The van der Waals surface area contributed by atoms with Gasteiger partial charge in [0.1, 0.15) is 6.04 Å². The number of halogens is 1. The van der Waals surface area contributed by atoms with E-state index in [2.05, 4.69) is 48.5 Å². The molecule has 0 bridgehead atoms. The van der Waals surface area contributed by atoms with Crippen molar-refractivity contribution in [3.8, 4) is 0 Å². The summed E-state index contributed by atoms with van der Waals surface area (Å²) in [7, 11) is 1.90. The largest absolute Gasteiger partial charge is 0.340 e. The molecule has 0 radical (unpaired) electrons. The number of hydrogen-bond acceptors (Lipinski definition) is 5. The van der Waals surface area contributed by atoms with Gasteiger partial charge < -0.3 is 15.2 Å². The fraction of sp³-hybridized carbons (Fsp3) is 0.571. The van der Waals surface area contributed by atoms with Crippen LogP contribution in [0.3, 0.4) is 0 Å². The van der Waals surface area contributed by atoms with E-state index in [1.807, 2.05) is 45.2 Å². The third-order valence-electron chi connectivity index (χ3n) is 4.70. The van der Waals surface area contributed by atoms with Crippen molar-refractivity contribution in [1.82, 2.24) is 20.8 Å². The Morgan fingerprint density at radius 3 is 2.25 bits per heavy atom. The molecule has 0 fully saturated rings. The summed E-state index contributed by atoms with van der Waals surface area (Å²) < 4.78 is 5.43. The van der Waals surface area contributed by atoms with Gasteiger partial charge in [-0.05, 0) is 43.0 Å². The Morgan fingerprint density at radius 1 is 1.14 bits per heavy atom. The zero-order valence-corrected chi connectivity index (χ0v) is 18.7. The maximum Gasteiger partial charge on any atom is 0.251 e. The summed E-state index contributed by atoms with van der Waals surface area (Å²) in [6.07, 6.45) is 0.674. The van der Waals surface area contributed by atoms with Crippen molar-refractivity contribution in [2.75, 3.05) is 7.05 Å². The highest BCUT2D eigenvalue weighted by Crippen LogP contribution is 2.24. The van der Waals surface area contributed by atoms with Crippen LogP contribution in [-0.4, -0.2) is 29.1 Å². The second-order valence-corrected chi connectivity index (χ2v) is 8.47. The molecule has 0 spiro atoms. The van der Waals surface area contributed by atoms with Gasteiger partial charge in [-0.25, -0.2) is 0 Å². The summed E-state index contributed by atoms with van der Waals surface area (Å²) >= 11 is 0. The maximum atomic E-state index is 12.7. The standard InChI is InChI=1S/C21H32N4O2.ClH/c1-13(2)18(20-23-17(25-27-20)12-14(3)22-7)24-19(26)15-8-10-16(11-9-15)21(4,5)6;/h8-11,13-14,18,22H,12H2,1-7H3,(H,24,26);1H. The van der Waals surface area contributed by atoms with Crippen molar-refractivity contribution in [2.24, 2.45) is 5.92 Å². The number of rotatable bonds is 7. The lowest BCUT2D eigenvalue weighted by atomic mass is 9.86. The first-order valence-electron chi connectivity index (χ1n) is 9.53. The van der Waals surface area contributed by atoms with E-state index < -0.39 is 0 Å². The van der Waals surface area contributed by atoms with Gasteiger partial charge in [0, 0.05) is 18.0 Å². The number of carbonyl (C=O) groups excluding carboxylic acids is 1.